The molecule has 2 unspecified atom stereocenters. The Bertz CT molecular complexity index is 1160. The zero-order valence-corrected chi connectivity index (χ0v) is 21.9. The summed E-state index contributed by atoms with van der Waals surface area (Å²) in [5, 5.41) is 17.6. The number of hydrogen-bond acceptors (Lipinski definition) is 9. The molecule has 1 saturated heterocycles. The van der Waals surface area contributed by atoms with Gasteiger partial charge >= 0.3 is 0 Å². The van der Waals surface area contributed by atoms with Gasteiger partial charge in [-0.3, -0.25) is 0 Å². The number of hydrogen-bond donors (Lipinski definition) is 2. The van der Waals surface area contributed by atoms with Gasteiger partial charge in [0.05, 0.1) is 47.9 Å². The van der Waals surface area contributed by atoms with Gasteiger partial charge in [-0.25, -0.2) is 9.97 Å². The quantitative estimate of drug-likeness (QED) is 0.416. The van der Waals surface area contributed by atoms with Gasteiger partial charge in [0.15, 0.2) is 5.82 Å². The Morgan fingerprint density at radius 3 is 2.75 bits per heavy atom. The van der Waals surface area contributed by atoms with E-state index in [1.165, 1.54) is 0 Å². The molecular weight excluding hydrogens is 484 g/mol. The van der Waals surface area contributed by atoms with E-state index in [9.17, 15) is 5.11 Å². The van der Waals surface area contributed by atoms with Crippen LogP contribution in [0.2, 0.25) is 5.02 Å². The molecular formula is C26H33ClN4O5. The van der Waals surface area contributed by atoms with Crippen molar-refractivity contribution in [3.8, 4) is 28.4 Å². The van der Waals surface area contributed by atoms with Crippen molar-refractivity contribution >= 4 is 11.6 Å². The van der Waals surface area contributed by atoms with E-state index in [4.69, 9.17) is 40.3 Å². The minimum Gasteiger partial charge on any atom is -0.491 e. The van der Waals surface area contributed by atoms with Crippen molar-refractivity contribution in [3.05, 3.63) is 45.9 Å². The first-order chi connectivity index (χ1) is 17.4. The van der Waals surface area contributed by atoms with Gasteiger partial charge < -0.3 is 29.2 Å². The average molecular weight is 517 g/mol. The van der Waals surface area contributed by atoms with Gasteiger partial charge in [-0.05, 0) is 64.4 Å². The lowest BCUT2D eigenvalue weighted by Gasteiger charge is -2.23. The van der Waals surface area contributed by atoms with E-state index in [1.807, 2.05) is 20.8 Å². The molecule has 0 amide bonds. The molecule has 1 aromatic carbocycles. The molecule has 1 aliphatic rings. The third kappa shape index (κ3) is 6.22. The number of aliphatic hydroxyl groups excluding tert-OH is 1. The Balaban J connectivity index is 1.71. The van der Waals surface area contributed by atoms with Gasteiger partial charge in [0, 0.05) is 17.8 Å². The van der Waals surface area contributed by atoms with E-state index >= 15 is 0 Å². The highest BCUT2D eigenvalue weighted by Gasteiger charge is 2.22. The maximum Gasteiger partial charge on any atom is 0.161 e. The number of benzene rings is 1. The number of aromatic nitrogens is 3. The van der Waals surface area contributed by atoms with E-state index in [0.717, 1.165) is 34.6 Å². The fourth-order valence-electron chi connectivity index (χ4n) is 4.24. The smallest absolute Gasteiger partial charge is 0.161 e. The fourth-order valence-corrected chi connectivity index (χ4v) is 4.45. The van der Waals surface area contributed by atoms with E-state index in [-0.39, 0.29) is 12.7 Å². The molecule has 2 atom stereocenters. The first-order valence-corrected chi connectivity index (χ1v) is 12.5. The largest absolute Gasteiger partial charge is 0.491 e. The number of likely N-dealkylation sites (N-methyl/N-ethyl adjacent to an activating group) is 1. The number of nitrogens with one attached hydrogen (secondary N) is 1. The molecule has 0 radical (unpaired) electrons. The van der Waals surface area contributed by atoms with E-state index in [0.29, 0.717) is 60.7 Å². The Morgan fingerprint density at radius 2 is 2.06 bits per heavy atom. The molecule has 0 bridgehead atoms. The first-order valence-electron chi connectivity index (χ1n) is 12.1. The molecule has 0 saturated carbocycles. The molecule has 2 aromatic heterocycles. The summed E-state index contributed by atoms with van der Waals surface area (Å²) in [5.41, 5.74) is 4.88. The monoisotopic (exact) mass is 516 g/mol. The predicted molar refractivity (Wildman–Crippen MR) is 136 cm³/mol. The SMILES string of the molecule is CNCC(O)COc1ccc(Cl)c(-c2nc(CCC3COCCO3)c(C)c(-c3c(C)noc3C)n2)c1. The summed E-state index contributed by atoms with van der Waals surface area (Å²) in [6.07, 6.45) is 0.867. The fraction of sp³-hybridized carbons (Fsp3) is 0.500. The van der Waals surface area contributed by atoms with Crippen LogP contribution in [0.1, 0.15) is 29.1 Å². The highest BCUT2D eigenvalue weighted by molar-refractivity contribution is 6.33. The van der Waals surface area contributed by atoms with E-state index in [1.54, 1.807) is 25.2 Å². The topological polar surface area (TPSA) is 112 Å². The van der Waals surface area contributed by atoms with Crippen LogP contribution >= 0.6 is 11.6 Å². The summed E-state index contributed by atoms with van der Waals surface area (Å²) in [6, 6.07) is 5.32. The van der Waals surface area contributed by atoms with Crippen molar-refractivity contribution < 1.29 is 23.8 Å². The van der Waals surface area contributed by atoms with Gasteiger partial charge in [0.25, 0.3) is 0 Å². The molecule has 4 rings (SSSR count). The van der Waals surface area contributed by atoms with Gasteiger partial charge in [-0.2, -0.15) is 0 Å². The van der Waals surface area contributed by atoms with Gasteiger partial charge in [-0.15, -0.1) is 0 Å². The molecule has 194 valence electrons. The van der Waals surface area contributed by atoms with Gasteiger partial charge in [0.2, 0.25) is 0 Å². The third-order valence-corrected chi connectivity index (χ3v) is 6.50. The van der Waals surface area contributed by atoms with Gasteiger partial charge in [-0.1, -0.05) is 16.8 Å². The van der Waals surface area contributed by atoms with Crippen LogP contribution in [0.25, 0.3) is 22.6 Å². The maximum absolute atomic E-state index is 10.0. The standard InChI is InChI=1S/C26H33ClN4O5/c1-15-23(8-6-20-14-33-9-10-34-20)29-26(30-25(15)24-16(2)31-36-17(24)3)21-11-19(5-7-22(21)27)35-13-18(32)12-28-4/h5,7,11,18,20,28,32H,6,8-10,12-14H2,1-4H3. The molecule has 0 spiro atoms. The summed E-state index contributed by atoms with van der Waals surface area (Å²) in [7, 11) is 1.78. The van der Waals surface area contributed by atoms with Crippen LogP contribution in [-0.2, 0) is 15.9 Å². The summed E-state index contributed by atoms with van der Waals surface area (Å²) in [6.45, 7) is 8.19. The lowest BCUT2D eigenvalue weighted by Crippen LogP contribution is -2.29. The van der Waals surface area contributed by atoms with Crippen molar-refractivity contribution in [2.45, 2.75) is 45.8 Å². The van der Waals surface area contributed by atoms with Crippen LogP contribution in [-0.4, -0.2) is 72.5 Å². The summed E-state index contributed by atoms with van der Waals surface area (Å²) in [5.74, 6) is 1.75. The number of halogens is 1. The molecule has 2 N–H and O–H groups in total. The van der Waals surface area contributed by atoms with E-state index in [2.05, 4.69) is 10.5 Å². The summed E-state index contributed by atoms with van der Waals surface area (Å²) >= 11 is 6.61. The number of rotatable bonds is 10. The molecule has 9 nitrogen and oxygen atoms in total. The Kier molecular flexibility index (Phi) is 8.92. The van der Waals surface area contributed by atoms with Crippen LogP contribution in [0.5, 0.6) is 5.75 Å². The maximum atomic E-state index is 10.0. The second-order valence-corrected chi connectivity index (χ2v) is 9.34. The third-order valence-electron chi connectivity index (χ3n) is 6.17. The van der Waals surface area contributed by atoms with Crippen LogP contribution in [0.4, 0.5) is 0 Å². The highest BCUT2D eigenvalue weighted by atomic mass is 35.5. The lowest BCUT2D eigenvalue weighted by molar-refractivity contribution is -0.0904. The minimum absolute atomic E-state index is 0.0310. The second kappa shape index (κ2) is 12.1. The molecule has 3 aromatic rings. The lowest BCUT2D eigenvalue weighted by atomic mass is 10.00. The molecule has 36 heavy (non-hydrogen) atoms. The van der Waals surface area contributed by atoms with Crippen molar-refractivity contribution in [2.75, 3.05) is 40.0 Å². The van der Waals surface area contributed by atoms with E-state index < -0.39 is 6.10 Å². The minimum atomic E-state index is -0.631. The number of nitrogens with zero attached hydrogens (tertiary/aromatic N) is 3. The Labute approximate surface area is 216 Å². The zero-order chi connectivity index (χ0) is 25.7. The normalized spacial score (nSPS) is 16.8. The molecule has 0 aliphatic carbocycles. The van der Waals surface area contributed by atoms with Crippen LogP contribution in [0.3, 0.4) is 0 Å². The van der Waals surface area contributed by atoms with Crippen LogP contribution in [0.15, 0.2) is 22.7 Å². The van der Waals surface area contributed by atoms with Crippen LogP contribution in [0, 0.1) is 20.8 Å². The van der Waals surface area contributed by atoms with Crippen molar-refractivity contribution in [2.24, 2.45) is 0 Å². The zero-order valence-electron chi connectivity index (χ0n) is 21.1. The summed E-state index contributed by atoms with van der Waals surface area (Å²) < 4.78 is 22.6. The Hall–Kier alpha value is -2.56. The van der Waals surface area contributed by atoms with Crippen molar-refractivity contribution in [1.29, 1.82) is 0 Å². The molecule has 10 heteroatoms. The second-order valence-electron chi connectivity index (χ2n) is 8.94. The van der Waals surface area contributed by atoms with Crippen molar-refractivity contribution in [1.82, 2.24) is 20.4 Å². The molecule has 3 heterocycles. The number of aryl methyl sites for hydroxylation is 3. The average Bonchev–Trinajstić information content (AvgIpc) is 3.21. The predicted octanol–water partition coefficient (Wildman–Crippen LogP) is 3.68. The number of ether oxygens (including phenoxy) is 3. The Morgan fingerprint density at radius 1 is 1.22 bits per heavy atom. The van der Waals surface area contributed by atoms with Gasteiger partial charge in [0.1, 0.15) is 24.2 Å². The van der Waals surface area contributed by atoms with Crippen molar-refractivity contribution in [3.63, 3.8) is 0 Å². The molecule has 1 fully saturated rings. The molecule has 1 aliphatic heterocycles. The first kappa shape index (κ1) is 26.5. The summed E-state index contributed by atoms with van der Waals surface area (Å²) in [4.78, 5) is 9.85. The number of aliphatic hydroxyl groups is 1. The highest BCUT2D eigenvalue weighted by Crippen LogP contribution is 2.35. The van der Waals surface area contributed by atoms with Crippen LogP contribution < -0.4 is 10.1 Å².